The Kier molecular flexibility index (Phi) is 2.34. The molecule has 0 bridgehead atoms. The van der Waals surface area contributed by atoms with Gasteiger partial charge in [0.2, 0.25) is 0 Å². The van der Waals surface area contributed by atoms with E-state index < -0.39 is 0 Å². The Labute approximate surface area is 109 Å². The van der Waals surface area contributed by atoms with Crippen molar-refractivity contribution in [3.05, 3.63) is 36.5 Å². The van der Waals surface area contributed by atoms with Crippen molar-refractivity contribution in [1.82, 2.24) is 19.5 Å². The van der Waals surface area contributed by atoms with Crippen molar-refractivity contribution in [2.75, 3.05) is 13.2 Å². The number of hydrogen-bond donors (Lipinski definition) is 0. The van der Waals surface area contributed by atoms with Crippen molar-refractivity contribution in [2.24, 2.45) is 0 Å². The van der Waals surface area contributed by atoms with Gasteiger partial charge in [0.1, 0.15) is 5.65 Å². The summed E-state index contributed by atoms with van der Waals surface area (Å²) in [7, 11) is 0. The van der Waals surface area contributed by atoms with Crippen LogP contribution in [0.2, 0.25) is 0 Å². The summed E-state index contributed by atoms with van der Waals surface area (Å²) in [5.74, 6) is 1.52. The van der Waals surface area contributed by atoms with E-state index in [1.807, 2.05) is 28.9 Å². The fourth-order valence-electron chi connectivity index (χ4n) is 2.30. The van der Waals surface area contributed by atoms with Gasteiger partial charge in [-0.3, -0.25) is 0 Å². The van der Waals surface area contributed by atoms with E-state index in [9.17, 15) is 0 Å². The van der Waals surface area contributed by atoms with Gasteiger partial charge in [-0.15, -0.1) is 0 Å². The van der Waals surface area contributed by atoms with E-state index in [0.29, 0.717) is 12.5 Å². The Morgan fingerprint density at radius 1 is 1.32 bits per heavy atom. The standard InChI is InChI=1S/C13H12N4O2/c1-4-17-5-3-14-11(17)7-9(1)13-15-12(16-19-13)10-2-6-18-8-10/h1,3-5,7,10H,2,6,8H2. The molecular formula is C13H12N4O2. The molecule has 0 radical (unpaired) electrons. The lowest BCUT2D eigenvalue weighted by Crippen LogP contribution is -1.99. The first-order valence-electron chi connectivity index (χ1n) is 6.24. The van der Waals surface area contributed by atoms with Gasteiger partial charge < -0.3 is 13.7 Å². The first-order chi connectivity index (χ1) is 9.40. The van der Waals surface area contributed by atoms with E-state index in [2.05, 4.69) is 15.1 Å². The van der Waals surface area contributed by atoms with Gasteiger partial charge in [0.25, 0.3) is 5.89 Å². The third-order valence-electron chi connectivity index (χ3n) is 3.38. The fraction of sp³-hybridized carbons (Fsp3) is 0.308. The fourth-order valence-corrected chi connectivity index (χ4v) is 2.30. The number of nitrogens with zero attached hydrogens (tertiary/aromatic N) is 4. The number of rotatable bonds is 2. The maximum absolute atomic E-state index is 5.34. The minimum absolute atomic E-state index is 0.257. The molecule has 6 nitrogen and oxygen atoms in total. The van der Waals surface area contributed by atoms with Crippen molar-refractivity contribution < 1.29 is 9.26 Å². The predicted octanol–water partition coefficient (Wildman–Crippen LogP) is 1.89. The summed E-state index contributed by atoms with van der Waals surface area (Å²) in [4.78, 5) is 8.70. The zero-order chi connectivity index (χ0) is 12.7. The topological polar surface area (TPSA) is 65.5 Å². The van der Waals surface area contributed by atoms with E-state index >= 15 is 0 Å². The van der Waals surface area contributed by atoms with Gasteiger partial charge in [-0.25, -0.2) is 4.98 Å². The molecule has 0 aromatic carbocycles. The third-order valence-corrected chi connectivity index (χ3v) is 3.38. The van der Waals surface area contributed by atoms with Gasteiger partial charge in [0.05, 0.1) is 6.61 Å². The zero-order valence-corrected chi connectivity index (χ0v) is 10.2. The first-order valence-corrected chi connectivity index (χ1v) is 6.24. The van der Waals surface area contributed by atoms with Crippen molar-refractivity contribution in [3.63, 3.8) is 0 Å². The minimum Gasteiger partial charge on any atom is -0.381 e. The van der Waals surface area contributed by atoms with Crippen LogP contribution >= 0.6 is 0 Å². The first kappa shape index (κ1) is 10.7. The number of aromatic nitrogens is 4. The largest absolute Gasteiger partial charge is 0.381 e. The molecular weight excluding hydrogens is 244 g/mol. The average Bonchev–Trinajstić information content (AvgIpc) is 3.18. The second kappa shape index (κ2) is 4.17. The van der Waals surface area contributed by atoms with Crippen molar-refractivity contribution >= 4 is 5.65 Å². The molecule has 96 valence electrons. The van der Waals surface area contributed by atoms with Crippen LogP contribution in [0.15, 0.2) is 35.2 Å². The lowest BCUT2D eigenvalue weighted by molar-refractivity contribution is 0.192. The number of hydrogen-bond acceptors (Lipinski definition) is 5. The van der Waals surface area contributed by atoms with Crippen LogP contribution in [0.3, 0.4) is 0 Å². The molecule has 1 atom stereocenters. The summed E-state index contributed by atoms with van der Waals surface area (Å²) in [5.41, 5.74) is 1.75. The van der Waals surface area contributed by atoms with Crippen LogP contribution in [0.4, 0.5) is 0 Å². The van der Waals surface area contributed by atoms with Crippen LogP contribution < -0.4 is 0 Å². The van der Waals surface area contributed by atoms with Crippen LogP contribution in [0, 0.1) is 0 Å². The van der Waals surface area contributed by atoms with Crippen LogP contribution in [-0.4, -0.2) is 32.7 Å². The maximum Gasteiger partial charge on any atom is 0.258 e. The van der Waals surface area contributed by atoms with Crippen molar-refractivity contribution in [1.29, 1.82) is 0 Å². The van der Waals surface area contributed by atoms with E-state index in [-0.39, 0.29) is 5.92 Å². The van der Waals surface area contributed by atoms with Gasteiger partial charge >= 0.3 is 0 Å². The monoisotopic (exact) mass is 256 g/mol. The van der Waals surface area contributed by atoms with Crippen LogP contribution in [0.5, 0.6) is 0 Å². The lowest BCUT2D eigenvalue weighted by atomic mass is 10.1. The number of fused-ring (bicyclic) bond motifs is 1. The molecule has 0 spiro atoms. The normalized spacial score (nSPS) is 19.3. The molecule has 19 heavy (non-hydrogen) atoms. The molecule has 3 aromatic heterocycles. The minimum atomic E-state index is 0.257. The quantitative estimate of drug-likeness (QED) is 0.700. The molecule has 1 aliphatic heterocycles. The molecule has 1 aliphatic rings. The molecule has 1 unspecified atom stereocenters. The molecule has 4 heterocycles. The molecule has 3 aromatic rings. The van der Waals surface area contributed by atoms with Gasteiger partial charge in [0, 0.05) is 36.7 Å². The molecule has 0 N–H and O–H groups in total. The van der Waals surface area contributed by atoms with Crippen LogP contribution in [0.1, 0.15) is 18.2 Å². The molecule has 1 saturated heterocycles. The van der Waals surface area contributed by atoms with Gasteiger partial charge in [-0.2, -0.15) is 4.98 Å². The highest BCUT2D eigenvalue weighted by molar-refractivity contribution is 5.59. The lowest BCUT2D eigenvalue weighted by Gasteiger charge is -1.98. The van der Waals surface area contributed by atoms with E-state index in [1.165, 1.54) is 0 Å². The highest BCUT2D eigenvalue weighted by atomic mass is 16.5. The molecule has 1 fully saturated rings. The zero-order valence-electron chi connectivity index (χ0n) is 10.2. The summed E-state index contributed by atoms with van der Waals surface area (Å²) < 4.78 is 12.6. The average molecular weight is 256 g/mol. The van der Waals surface area contributed by atoms with Gasteiger partial charge in [-0.1, -0.05) is 5.16 Å². The second-order valence-corrected chi connectivity index (χ2v) is 4.63. The van der Waals surface area contributed by atoms with Gasteiger partial charge in [-0.05, 0) is 18.6 Å². The Balaban J connectivity index is 1.70. The Morgan fingerprint density at radius 2 is 2.32 bits per heavy atom. The van der Waals surface area contributed by atoms with Crippen LogP contribution in [-0.2, 0) is 4.74 Å². The summed E-state index contributed by atoms with van der Waals surface area (Å²) in [6.45, 7) is 1.45. The van der Waals surface area contributed by atoms with Crippen molar-refractivity contribution in [3.8, 4) is 11.5 Å². The number of ether oxygens (including phenoxy) is 1. The van der Waals surface area contributed by atoms with Crippen molar-refractivity contribution in [2.45, 2.75) is 12.3 Å². The maximum atomic E-state index is 5.34. The smallest absolute Gasteiger partial charge is 0.258 e. The highest BCUT2D eigenvalue weighted by Gasteiger charge is 2.23. The summed E-state index contributed by atoms with van der Waals surface area (Å²) >= 11 is 0. The number of pyridine rings is 1. The van der Waals surface area contributed by atoms with Crippen LogP contribution in [0.25, 0.3) is 17.1 Å². The highest BCUT2D eigenvalue weighted by Crippen LogP contribution is 2.25. The summed E-state index contributed by atoms with van der Waals surface area (Å²) in [5, 5.41) is 4.05. The predicted molar refractivity (Wildman–Crippen MR) is 66.7 cm³/mol. The van der Waals surface area contributed by atoms with E-state index in [0.717, 1.165) is 30.1 Å². The van der Waals surface area contributed by atoms with E-state index in [1.54, 1.807) is 6.20 Å². The summed E-state index contributed by atoms with van der Waals surface area (Å²) in [6.07, 6.45) is 6.54. The molecule has 4 rings (SSSR count). The Hall–Kier alpha value is -2.21. The number of imidazole rings is 1. The van der Waals surface area contributed by atoms with Gasteiger partial charge in [0.15, 0.2) is 5.82 Å². The Bertz CT molecular complexity index is 712. The second-order valence-electron chi connectivity index (χ2n) is 4.63. The summed E-state index contributed by atoms with van der Waals surface area (Å²) in [6, 6.07) is 3.87. The molecule has 6 heteroatoms. The molecule has 0 aliphatic carbocycles. The third kappa shape index (κ3) is 1.80. The molecule has 0 amide bonds. The van der Waals surface area contributed by atoms with E-state index in [4.69, 9.17) is 9.26 Å². The molecule has 0 saturated carbocycles. The Morgan fingerprint density at radius 3 is 3.21 bits per heavy atom. The SMILES string of the molecule is c1cn2ccc(-c3nc(C4CCOC4)no3)cc2n1.